The lowest BCUT2D eigenvalue weighted by molar-refractivity contribution is -0.121. The van der Waals surface area contributed by atoms with Crippen LogP contribution in [-0.4, -0.2) is 31.6 Å². The van der Waals surface area contributed by atoms with Gasteiger partial charge in [0.25, 0.3) is 5.56 Å². The summed E-state index contributed by atoms with van der Waals surface area (Å²) in [4.78, 5) is 25.7. The van der Waals surface area contributed by atoms with Crippen LogP contribution in [0.25, 0.3) is 16.0 Å². The summed E-state index contributed by atoms with van der Waals surface area (Å²) in [7, 11) is 0. The van der Waals surface area contributed by atoms with Crippen molar-refractivity contribution in [3.05, 3.63) is 27.6 Å². The summed E-state index contributed by atoms with van der Waals surface area (Å²) in [6, 6.07) is 1.95. The number of aryl methyl sites for hydroxylation is 1. The zero-order valence-electron chi connectivity index (χ0n) is 20.3. The predicted octanol–water partition coefficient (Wildman–Crippen LogP) is 4.42. The number of hydrogen-bond acceptors (Lipinski definition) is 5. The van der Waals surface area contributed by atoms with Gasteiger partial charge in [0.1, 0.15) is 10.5 Å². The Morgan fingerprint density at radius 2 is 1.88 bits per heavy atom. The van der Waals surface area contributed by atoms with Gasteiger partial charge in [-0.15, -0.1) is 21.5 Å². The second-order valence-electron chi connectivity index (χ2n) is 11.7. The molecule has 7 nitrogen and oxygen atoms in total. The van der Waals surface area contributed by atoms with Gasteiger partial charge in [-0.25, -0.2) is 0 Å². The van der Waals surface area contributed by atoms with Gasteiger partial charge >= 0.3 is 0 Å². The van der Waals surface area contributed by atoms with E-state index in [1.807, 2.05) is 15.8 Å². The Morgan fingerprint density at radius 3 is 2.56 bits per heavy atom. The van der Waals surface area contributed by atoms with Crippen LogP contribution in [0.4, 0.5) is 0 Å². The molecule has 1 N–H and O–H groups in total. The second kappa shape index (κ2) is 8.47. The zero-order valence-corrected chi connectivity index (χ0v) is 21.1. The Balaban J connectivity index is 1.12. The van der Waals surface area contributed by atoms with Gasteiger partial charge in [0.05, 0.1) is 5.52 Å². The summed E-state index contributed by atoms with van der Waals surface area (Å²) in [5, 5.41) is 13.9. The van der Waals surface area contributed by atoms with Crippen LogP contribution in [-0.2, 0) is 17.8 Å². The third kappa shape index (κ3) is 3.88. The second-order valence-corrected chi connectivity index (χ2v) is 12.6. The molecular formula is C26H35N5O2S. The van der Waals surface area contributed by atoms with E-state index in [0.29, 0.717) is 41.2 Å². The third-order valence-corrected chi connectivity index (χ3v) is 9.44. The van der Waals surface area contributed by atoms with E-state index in [0.717, 1.165) is 42.1 Å². The van der Waals surface area contributed by atoms with Gasteiger partial charge in [-0.05, 0) is 85.5 Å². The van der Waals surface area contributed by atoms with E-state index in [1.54, 1.807) is 4.57 Å². The molecule has 34 heavy (non-hydrogen) atoms. The molecule has 3 aromatic rings. The normalized spacial score (nSPS) is 27.9. The van der Waals surface area contributed by atoms with E-state index in [1.165, 1.54) is 49.9 Å². The molecular weight excluding hydrogens is 446 g/mol. The Hall–Kier alpha value is -2.22. The van der Waals surface area contributed by atoms with Crippen molar-refractivity contribution in [2.24, 2.45) is 29.1 Å². The van der Waals surface area contributed by atoms with Crippen LogP contribution in [0.5, 0.6) is 0 Å². The van der Waals surface area contributed by atoms with Crippen molar-refractivity contribution in [2.75, 3.05) is 6.54 Å². The van der Waals surface area contributed by atoms with E-state index < -0.39 is 0 Å². The topological polar surface area (TPSA) is 81.3 Å². The van der Waals surface area contributed by atoms with Gasteiger partial charge in [-0.2, -0.15) is 0 Å². The van der Waals surface area contributed by atoms with Crippen molar-refractivity contribution in [2.45, 2.75) is 78.2 Å². The molecule has 4 saturated carbocycles. The van der Waals surface area contributed by atoms with Gasteiger partial charge < -0.3 is 5.32 Å². The molecule has 0 saturated heterocycles. The number of amides is 1. The third-order valence-electron chi connectivity index (χ3n) is 8.55. The average molecular weight is 482 g/mol. The van der Waals surface area contributed by atoms with E-state index in [2.05, 4.69) is 29.4 Å². The summed E-state index contributed by atoms with van der Waals surface area (Å²) in [5.41, 5.74) is 1.33. The molecule has 1 amide bonds. The first-order valence-corrected chi connectivity index (χ1v) is 13.9. The summed E-state index contributed by atoms with van der Waals surface area (Å²) < 4.78 is 4.42. The molecule has 4 bridgehead atoms. The Bertz CT molecular complexity index is 1250. The van der Waals surface area contributed by atoms with Gasteiger partial charge in [-0.3, -0.25) is 18.6 Å². The zero-order chi connectivity index (χ0) is 23.4. The number of hydrogen-bond donors (Lipinski definition) is 1. The van der Waals surface area contributed by atoms with Crippen molar-refractivity contribution in [3.8, 4) is 0 Å². The largest absolute Gasteiger partial charge is 0.356 e. The van der Waals surface area contributed by atoms with Crippen molar-refractivity contribution in [3.63, 3.8) is 0 Å². The number of nitrogens with one attached hydrogen (secondary N) is 1. The molecule has 8 heteroatoms. The highest BCUT2D eigenvalue weighted by atomic mass is 32.1. The van der Waals surface area contributed by atoms with Crippen LogP contribution in [0.1, 0.15) is 71.0 Å². The number of carbonyl (C=O) groups excluding carboxylic acids is 1. The first-order valence-electron chi connectivity index (χ1n) is 13.0. The first kappa shape index (κ1) is 22.3. The molecule has 3 heterocycles. The molecule has 0 radical (unpaired) electrons. The maximum atomic E-state index is 13.0. The van der Waals surface area contributed by atoms with Crippen LogP contribution >= 0.6 is 11.3 Å². The summed E-state index contributed by atoms with van der Waals surface area (Å²) >= 11 is 1.45. The number of carbonyl (C=O) groups is 1. The van der Waals surface area contributed by atoms with Crippen LogP contribution in [0.3, 0.4) is 0 Å². The van der Waals surface area contributed by atoms with Crippen molar-refractivity contribution in [1.29, 1.82) is 0 Å². The van der Waals surface area contributed by atoms with E-state index in [-0.39, 0.29) is 11.5 Å². The molecule has 4 aliphatic carbocycles. The minimum absolute atomic E-state index is 0.00688. The van der Waals surface area contributed by atoms with Crippen molar-refractivity contribution in [1.82, 2.24) is 24.5 Å². The fourth-order valence-electron chi connectivity index (χ4n) is 7.65. The number of nitrogens with zero attached hydrogens (tertiary/aromatic N) is 4. The maximum Gasteiger partial charge on any atom is 0.272 e. The highest BCUT2D eigenvalue weighted by Crippen LogP contribution is 2.61. The minimum atomic E-state index is -0.00688. The highest BCUT2D eigenvalue weighted by Gasteiger charge is 2.50. The number of rotatable bonds is 8. The van der Waals surface area contributed by atoms with Gasteiger partial charge in [0, 0.05) is 25.9 Å². The lowest BCUT2D eigenvalue weighted by Gasteiger charge is -2.57. The molecule has 0 spiro atoms. The number of aromatic nitrogens is 4. The SMILES string of the molecule is CC(C)Cn1c(=O)c2sccc2n2c(CCC(=O)NCCC34CC5CC(CC(C5)C3)C4)nnc12. The van der Waals surface area contributed by atoms with Gasteiger partial charge in [0.15, 0.2) is 0 Å². The number of thiophene rings is 1. The van der Waals surface area contributed by atoms with Crippen LogP contribution in [0.15, 0.2) is 16.2 Å². The fraction of sp³-hybridized carbons (Fsp3) is 0.692. The molecule has 0 aliphatic heterocycles. The fourth-order valence-corrected chi connectivity index (χ4v) is 8.47. The van der Waals surface area contributed by atoms with Crippen molar-refractivity contribution < 1.29 is 4.79 Å². The Morgan fingerprint density at radius 1 is 1.18 bits per heavy atom. The lowest BCUT2D eigenvalue weighted by Crippen LogP contribution is -2.47. The summed E-state index contributed by atoms with van der Waals surface area (Å²) in [6.07, 6.45) is 10.6. The first-order chi connectivity index (χ1) is 16.4. The number of fused-ring (bicyclic) bond motifs is 3. The van der Waals surface area contributed by atoms with Crippen LogP contribution < -0.4 is 10.9 Å². The van der Waals surface area contributed by atoms with E-state index >= 15 is 0 Å². The molecule has 3 aromatic heterocycles. The summed E-state index contributed by atoms with van der Waals surface area (Å²) in [6.45, 7) is 5.56. The molecule has 4 fully saturated rings. The Kier molecular flexibility index (Phi) is 5.54. The molecule has 182 valence electrons. The standard InChI is InChI=1S/C26H35N5O2S/c1-16(2)15-30-24(33)23-20(5-8-34-23)31-21(28-29-25(30)31)3-4-22(32)27-7-6-26-12-17-9-18(13-26)11-19(10-17)14-26/h5,8,16-19H,3-4,6-7,9-15H2,1-2H3,(H,27,32). The van der Waals surface area contributed by atoms with Crippen LogP contribution in [0, 0.1) is 29.1 Å². The lowest BCUT2D eigenvalue weighted by atomic mass is 9.49. The minimum Gasteiger partial charge on any atom is -0.356 e. The molecule has 7 rings (SSSR count). The Labute approximate surface area is 203 Å². The van der Waals surface area contributed by atoms with Crippen LogP contribution in [0.2, 0.25) is 0 Å². The molecule has 0 atom stereocenters. The molecule has 4 aliphatic rings. The van der Waals surface area contributed by atoms with E-state index in [4.69, 9.17) is 0 Å². The van der Waals surface area contributed by atoms with Crippen molar-refractivity contribution >= 4 is 33.2 Å². The van der Waals surface area contributed by atoms with E-state index in [9.17, 15) is 9.59 Å². The maximum absolute atomic E-state index is 13.0. The summed E-state index contributed by atoms with van der Waals surface area (Å²) in [5.74, 6) is 4.56. The quantitative estimate of drug-likeness (QED) is 0.517. The highest BCUT2D eigenvalue weighted by molar-refractivity contribution is 7.17. The predicted molar refractivity (Wildman–Crippen MR) is 134 cm³/mol. The molecule has 0 unspecified atom stereocenters. The molecule has 0 aromatic carbocycles. The average Bonchev–Trinajstić information content (AvgIpc) is 3.41. The van der Waals surface area contributed by atoms with Gasteiger partial charge in [0.2, 0.25) is 11.7 Å². The van der Waals surface area contributed by atoms with Gasteiger partial charge in [-0.1, -0.05) is 13.8 Å². The monoisotopic (exact) mass is 481 g/mol. The smallest absolute Gasteiger partial charge is 0.272 e.